The van der Waals surface area contributed by atoms with Crippen LogP contribution in [0.1, 0.15) is 32.6 Å². The van der Waals surface area contributed by atoms with E-state index in [-0.39, 0.29) is 36.4 Å². The molecule has 8 heteroatoms. The monoisotopic (exact) mass is 436 g/mol. The van der Waals surface area contributed by atoms with E-state index in [9.17, 15) is 19.2 Å². The lowest BCUT2D eigenvalue weighted by molar-refractivity contribution is -0.139. The third-order valence-electron chi connectivity index (χ3n) is 5.49. The number of hydrogen-bond acceptors (Lipinski definition) is 6. The maximum absolute atomic E-state index is 12.7. The number of piperidine rings is 1. The van der Waals surface area contributed by atoms with Crippen LogP contribution in [0.3, 0.4) is 0 Å². The second-order valence-electron chi connectivity index (χ2n) is 7.73. The lowest BCUT2D eigenvalue weighted by Crippen LogP contribution is -2.40. The predicted octanol–water partition coefficient (Wildman–Crippen LogP) is 3.09. The maximum Gasteiger partial charge on any atom is 0.316 e. The summed E-state index contributed by atoms with van der Waals surface area (Å²) < 4.78 is 10.9. The Kier molecular flexibility index (Phi) is 6.20. The molecule has 0 aliphatic carbocycles. The van der Waals surface area contributed by atoms with Gasteiger partial charge in [0, 0.05) is 37.6 Å². The third kappa shape index (κ3) is 4.49. The van der Waals surface area contributed by atoms with Gasteiger partial charge < -0.3 is 14.4 Å². The highest BCUT2D eigenvalue weighted by Gasteiger charge is 2.36. The molecule has 0 unspecified atom stereocenters. The van der Waals surface area contributed by atoms with Gasteiger partial charge in [-0.05, 0) is 49.7 Å². The van der Waals surface area contributed by atoms with Crippen molar-refractivity contribution in [2.75, 3.05) is 23.0 Å². The predicted molar refractivity (Wildman–Crippen MR) is 116 cm³/mol. The van der Waals surface area contributed by atoms with Crippen LogP contribution in [-0.4, -0.2) is 36.8 Å². The summed E-state index contributed by atoms with van der Waals surface area (Å²) in [5.41, 5.74) is 1.07. The molecular weight excluding hydrogens is 412 g/mol. The van der Waals surface area contributed by atoms with Crippen molar-refractivity contribution in [1.29, 1.82) is 0 Å². The standard InChI is InChI=1S/C24H24N2O6/c1-2-31-19-11-9-17(10-12-19)25-15-16(13-23(25)29)24(30)32-20-6-3-5-18(14-20)26-21(27)7-4-8-22(26)28/h3,5-6,9-12,14,16H,2,4,7-8,13,15H2,1H3/t16-/m1/s1. The van der Waals surface area contributed by atoms with Gasteiger partial charge in [0.1, 0.15) is 11.5 Å². The smallest absolute Gasteiger partial charge is 0.316 e. The van der Waals surface area contributed by atoms with Crippen LogP contribution in [-0.2, 0) is 19.2 Å². The van der Waals surface area contributed by atoms with Crippen LogP contribution in [0.5, 0.6) is 11.5 Å². The van der Waals surface area contributed by atoms with Crippen LogP contribution in [0.4, 0.5) is 11.4 Å². The number of amides is 3. The first-order chi connectivity index (χ1) is 15.5. The minimum absolute atomic E-state index is 0.0504. The van der Waals surface area contributed by atoms with Crippen LogP contribution in [0.2, 0.25) is 0 Å². The Morgan fingerprint density at radius 1 is 0.938 bits per heavy atom. The SMILES string of the molecule is CCOc1ccc(N2C[C@H](C(=O)Oc3cccc(N4C(=O)CCCC4=O)c3)CC2=O)cc1. The Hall–Kier alpha value is -3.68. The number of anilines is 2. The Morgan fingerprint density at radius 2 is 1.66 bits per heavy atom. The Bertz CT molecular complexity index is 1030. The molecule has 8 nitrogen and oxygen atoms in total. The zero-order chi connectivity index (χ0) is 22.7. The number of carbonyl (C=O) groups is 4. The number of hydrogen-bond donors (Lipinski definition) is 0. The van der Waals surface area contributed by atoms with E-state index in [1.54, 1.807) is 47.4 Å². The number of imide groups is 1. The highest BCUT2D eigenvalue weighted by atomic mass is 16.5. The van der Waals surface area contributed by atoms with Crippen LogP contribution in [0.25, 0.3) is 0 Å². The van der Waals surface area contributed by atoms with Crippen molar-refractivity contribution in [3.63, 3.8) is 0 Å². The second-order valence-corrected chi connectivity index (χ2v) is 7.73. The first-order valence-corrected chi connectivity index (χ1v) is 10.7. The zero-order valence-corrected chi connectivity index (χ0v) is 17.8. The molecule has 2 aromatic rings. The topological polar surface area (TPSA) is 93.2 Å². The van der Waals surface area contributed by atoms with Crippen molar-refractivity contribution in [3.05, 3.63) is 48.5 Å². The van der Waals surface area contributed by atoms with Crippen LogP contribution in [0.15, 0.2) is 48.5 Å². The van der Waals surface area contributed by atoms with E-state index in [4.69, 9.17) is 9.47 Å². The summed E-state index contributed by atoms with van der Waals surface area (Å²) in [7, 11) is 0. The lowest BCUT2D eigenvalue weighted by Gasteiger charge is -2.25. The molecule has 2 fully saturated rings. The molecule has 0 saturated carbocycles. The van der Waals surface area contributed by atoms with E-state index in [0.29, 0.717) is 43.0 Å². The lowest BCUT2D eigenvalue weighted by atomic mass is 10.1. The fourth-order valence-electron chi connectivity index (χ4n) is 3.93. The number of nitrogens with zero attached hydrogens (tertiary/aromatic N) is 2. The normalized spacial score (nSPS) is 18.8. The average molecular weight is 436 g/mol. The molecule has 2 aliphatic heterocycles. The second kappa shape index (κ2) is 9.21. The first kappa shape index (κ1) is 21.5. The summed E-state index contributed by atoms with van der Waals surface area (Å²) in [5.74, 6) is -0.894. The summed E-state index contributed by atoms with van der Waals surface area (Å²) in [6.07, 6.45) is 1.21. The number of rotatable bonds is 6. The Balaban J connectivity index is 1.43. The number of carbonyl (C=O) groups excluding carboxylic acids is 4. The summed E-state index contributed by atoms with van der Waals surface area (Å²) in [4.78, 5) is 52.2. The molecule has 166 valence electrons. The minimum Gasteiger partial charge on any atom is -0.494 e. The van der Waals surface area contributed by atoms with Crippen molar-refractivity contribution in [2.24, 2.45) is 5.92 Å². The van der Waals surface area contributed by atoms with Gasteiger partial charge in [-0.25, -0.2) is 0 Å². The van der Waals surface area contributed by atoms with E-state index >= 15 is 0 Å². The largest absolute Gasteiger partial charge is 0.494 e. The summed E-state index contributed by atoms with van der Waals surface area (Å²) in [6.45, 7) is 2.66. The molecule has 32 heavy (non-hydrogen) atoms. The molecule has 0 radical (unpaired) electrons. The van der Waals surface area contributed by atoms with Crippen LogP contribution >= 0.6 is 0 Å². The summed E-state index contributed by atoms with van der Waals surface area (Å²) >= 11 is 0. The van der Waals surface area contributed by atoms with Crippen molar-refractivity contribution in [3.8, 4) is 11.5 Å². The third-order valence-corrected chi connectivity index (χ3v) is 5.49. The average Bonchev–Trinajstić information content (AvgIpc) is 3.16. The summed E-state index contributed by atoms with van der Waals surface area (Å²) in [6, 6.07) is 13.5. The number of esters is 1. The fraction of sp³-hybridized carbons (Fsp3) is 0.333. The molecule has 2 aliphatic rings. The van der Waals surface area contributed by atoms with E-state index in [2.05, 4.69) is 0 Å². The molecule has 0 spiro atoms. The quantitative estimate of drug-likeness (QED) is 0.393. The molecule has 3 amide bonds. The van der Waals surface area contributed by atoms with E-state index in [0.717, 1.165) is 4.90 Å². The molecule has 4 rings (SSSR count). The van der Waals surface area contributed by atoms with Gasteiger partial charge >= 0.3 is 5.97 Å². The highest BCUT2D eigenvalue weighted by molar-refractivity contribution is 6.16. The Labute approximate surface area is 185 Å². The zero-order valence-electron chi connectivity index (χ0n) is 17.8. The van der Waals surface area contributed by atoms with E-state index < -0.39 is 11.9 Å². The van der Waals surface area contributed by atoms with Crippen molar-refractivity contribution >= 4 is 35.1 Å². The molecule has 0 N–H and O–H groups in total. The van der Waals surface area contributed by atoms with Crippen molar-refractivity contribution < 1.29 is 28.7 Å². The van der Waals surface area contributed by atoms with Gasteiger partial charge in [0.15, 0.2) is 0 Å². The van der Waals surface area contributed by atoms with Gasteiger partial charge in [0.2, 0.25) is 17.7 Å². The van der Waals surface area contributed by atoms with Crippen LogP contribution < -0.4 is 19.3 Å². The molecule has 2 aromatic carbocycles. The molecule has 2 heterocycles. The minimum atomic E-state index is -0.615. The van der Waals surface area contributed by atoms with E-state index in [1.807, 2.05) is 6.92 Å². The van der Waals surface area contributed by atoms with Gasteiger partial charge in [-0.15, -0.1) is 0 Å². The van der Waals surface area contributed by atoms with Gasteiger partial charge in [0.05, 0.1) is 18.2 Å². The van der Waals surface area contributed by atoms with Gasteiger partial charge in [-0.3, -0.25) is 24.1 Å². The van der Waals surface area contributed by atoms with Crippen molar-refractivity contribution in [2.45, 2.75) is 32.6 Å². The van der Waals surface area contributed by atoms with Gasteiger partial charge in [-0.2, -0.15) is 0 Å². The fourth-order valence-corrected chi connectivity index (χ4v) is 3.93. The van der Waals surface area contributed by atoms with Gasteiger partial charge in [0.25, 0.3) is 0 Å². The van der Waals surface area contributed by atoms with Crippen molar-refractivity contribution in [1.82, 2.24) is 0 Å². The van der Waals surface area contributed by atoms with E-state index in [1.165, 1.54) is 6.07 Å². The molecule has 2 saturated heterocycles. The Morgan fingerprint density at radius 3 is 2.34 bits per heavy atom. The number of benzene rings is 2. The van der Waals surface area contributed by atoms with Crippen LogP contribution in [0, 0.1) is 5.92 Å². The molecular formula is C24H24N2O6. The maximum atomic E-state index is 12.7. The summed E-state index contributed by atoms with van der Waals surface area (Å²) in [5, 5.41) is 0. The molecule has 0 aromatic heterocycles. The molecule has 0 bridgehead atoms. The number of ether oxygens (including phenoxy) is 2. The highest BCUT2D eigenvalue weighted by Crippen LogP contribution is 2.30. The van der Waals surface area contributed by atoms with Gasteiger partial charge in [-0.1, -0.05) is 6.07 Å². The first-order valence-electron chi connectivity index (χ1n) is 10.7. The molecule has 1 atom stereocenters.